The van der Waals surface area contributed by atoms with E-state index in [0.717, 1.165) is 22.4 Å². The van der Waals surface area contributed by atoms with Crippen LogP contribution in [0.4, 0.5) is 0 Å². The molecule has 0 spiro atoms. The number of amides is 1. The van der Waals surface area contributed by atoms with Gasteiger partial charge in [0.1, 0.15) is 4.83 Å². The molecule has 1 N–H and O–H groups in total. The first-order valence-electron chi connectivity index (χ1n) is 10.2. The lowest BCUT2D eigenvalue weighted by Gasteiger charge is -2.10. The highest BCUT2D eigenvalue weighted by Crippen LogP contribution is 2.36. The Bertz CT molecular complexity index is 1290. The van der Waals surface area contributed by atoms with E-state index < -0.39 is 0 Å². The van der Waals surface area contributed by atoms with Crippen LogP contribution in [0, 0.1) is 6.92 Å². The van der Waals surface area contributed by atoms with E-state index in [9.17, 15) is 9.59 Å². The Morgan fingerprint density at radius 2 is 2.06 bits per heavy atom. The SMILES string of the molecule is C=CCn1c(SCC(=O)NCCc2cccs2)nc2sc(-c3ccccc3)c(C)c2c1=O. The number of aryl methyl sites for hydroxylation is 1. The molecular weight excluding hydrogens is 458 g/mol. The van der Waals surface area contributed by atoms with E-state index in [1.54, 1.807) is 22.0 Å². The van der Waals surface area contributed by atoms with Crippen LogP contribution < -0.4 is 10.9 Å². The molecule has 0 aliphatic carbocycles. The maximum Gasteiger partial charge on any atom is 0.263 e. The molecule has 5 nitrogen and oxygen atoms in total. The number of thiophene rings is 2. The molecule has 3 aromatic heterocycles. The van der Waals surface area contributed by atoms with Crippen LogP contribution in [0.1, 0.15) is 10.4 Å². The number of carbonyl (C=O) groups is 1. The Labute approximate surface area is 198 Å². The van der Waals surface area contributed by atoms with E-state index >= 15 is 0 Å². The summed E-state index contributed by atoms with van der Waals surface area (Å²) in [5.41, 5.74) is 1.92. The summed E-state index contributed by atoms with van der Waals surface area (Å²) >= 11 is 4.48. The van der Waals surface area contributed by atoms with Gasteiger partial charge < -0.3 is 5.32 Å². The molecule has 0 bridgehead atoms. The zero-order valence-electron chi connectivity index (χ0n) is 17.7. The number of nitrogens with zero attached hydrogens (tertiary/aromatic N) is 2. The van der Waals surface area contributed by atoms with Gasteiger partial charge in [-0.25, -0.2) is 4.98 Å². The van der Waals surface area contributed by atoms with Crippen LogP contribution in [0.25, 0.3) is 20.7 Å². The van der Waals surface area contributed by atoms with Crippen molar-refractivity contribution in [1.82, 2.24) is 14.9 Å². The lowest BCUT2D eigenvalue weighted by Crippen LogP contribution is -2.28. The number of benzene rings is 1. The highest BCUT2D eigenvalue weighted by molar-refractivity contribution is 7.99. The van der Waals surface area contributed by atoms with Gasteiger partial charge in [-0.3, -0.25) is 14.2 Å². The van der Waals surface area contributed by atoms with Crippen molar-refractivity contribution >= 4 is 50.6 Å². The number of nitrogens with one attached hydrogen (secondary N) is 1. The molecule has 0 unspecified atom stereocenters. The Kier molecular flexibility index (Phi) is 7.24. The van der Waals surface area contributed by atoms with Crippen molar-refractivity contribution in [2.75, 3.05) is 12.3 Å². The van der Waals surface area contributed by atoms with E-state index in [-0.39, 0.29) is 17.2 Å². The van der Waals surface area contributed by atoms with Crippen molar-refractivity contribution in [2.24, 2.45) is 0 Å². The second kappa shape index (κ2) is 10.3. The minimum Gasteiger partial charge on any atom is -0.355 e. The molecule has 0 radical (unpaired) electrons. The van der Waals surface area contributed by atoms with Gasteiger partial charge in [0, 0.05) is 22.8 Å². The minimum absolute atomic E-state index is 0.0709. The molecule has 164 valence electrons. The third kappa shape index (κ3) is 4.87. The third-order valence-electron chi connectivity index (χ3n) is 4.97. The van der Waals surface area contributed by atoms with Crippen LogP contribution in [0.3, 0.4) is 0 Å². The number of fused-ring (bicyclic) bond motifs is 1. The van der Waals surface area contributed by atoms with Gasteiger partial charge in [0.25, 0.3) is 5.56 Å². The number of hydrogen-bond donors (Lipinski definition) is 1. The Balaban J connectivity index is 1.56. The molecule has 0 atom stereocenters. The summed E-state index contributed by atoms with van der Waals surface area (Å²) < 4.78 is 1.60. The number of thioether (sulfide) groups is 1. The molecule has 0 fully saturated rings. The van der Waals surface area contributed by atoms with Gasteiger partial charge in [0.2, 0.25) is 5.91 Å². The molecule has 3 heterocycles. The number of aromatic nitrogens is 2. The van der Waals surface area contributed by atoms with Crippen LogP contribution in [0.15, 0.2) is 70.5 Å². The Morgan fingerprint density at radius 3 is 2.78 bits per heavy atom. The van der Waals surface area contributed by atoms with E-state index in [1.165, 1.54) is 28.0 Å². The highest BCUT2D eigenvalue weighted by Gasteiger charge is 2.19. The average Bonchev–Trinajstić information content (AvgIpc) is 3.43. The van der Waals surface area contributed by atoms with Crippen LogP contribution in [-0.2, 0) is 17.8 Å². The van der Waals surface area contributed by atoms with Gasteiger partial charge in [0.15, 0.2) is 5.16 Å². The van der Waals surface area contributed by atoms with Crippen molar-refractivity contribution in [3.63, 3.8) is 0 Å². The molecule has 1 amide bonds. The molecule has 1 aromatic carbocycles. The maximum atomic E-state index is 13.3. The van der Waals surface area contributed by atoms with Gasteiger partial charge in [-0.15, -0.1) is 29.3 Å². The fourth-order valence-electron chi connectivity index (χ4n) is 3.42. The predicted octanol–water partition coefficient (Wildman–Crippen LogP) is 5.13. The Morgan fingerprint density at radius 1 is 1.25 bits per heavy atom. The lowest BCUT2D eigenvalue weighted by molar-refractivity contribution is -0.118. The fraction of sp³-hybridized carbons (Fsp3) is 0.208. The molecule has 8 heteroatoms. The van der Waals surface area contributed by atoms with E-state index in [1.807, 2.05) is 48.7 Å². The summed E-state index contributed by atoms with van der Waals surface area (Å²) in [5.74, 6) is 0.133. The standard InChI is InChI=1S/C24H23N3O2S3/c1-3-13-27-23(29)20-16(2)21(17-8-5-4-6-9-17)32-22(20)26-24(27)31-15-19(28)25-12-11-18-10-7-14-30-18/h3-10,14H,1,11-13,15H2,2H3,(H,25,28). The average molecular weight is 482 g/mol. The fourth-order valence-corrected chi connectivity index (χ4v) is 6.20. The summed E-state index contributed by atoms with van der Waals surface area (Å²) in [6.07, 6.45) is 2.50. The molecule has 0 saturated heterocycles. The van der Waals surface area contributed by atoms with Crippen molar-refractivity contribution in [3.05, 3.63) is 81.3 Å². The van der Waals surface area contributed by atoms with Crippen molar-refractivity contribution in [3.8, 4) is 10.4 Å². The van der Waals surface area contributed by atoms with E-state index in [2.05, 4.69) is 18.0 Å². The summed E-state index contributed by atoms with van der Waals surface area (Å²) in [6, 6.07) is 14.1. The summed E-state index contributed by atoms with van der Waals surface area (Å²) in [7, 11) is 0. The smallest absolute Gasteiger partial charge is 0.263 e. The van der Waals surface area contributed by atoms with Gasteiger partial charge >= 0.3 is 0 Å². The van der Waals surface area contributed by atoms with Crippen LogP contribution in [0.5, 0.6) is 0 Å². The number of rotatable bonds is 9. The number of hydrogen-bond acceptors (Lipinski definition) is 6. The first kappa shape index (κ1) is 22.5. The van der Waals surface area contributed by atoms with Crippen molar-refractivity contribution in [1.29, 1.82) is 0 Å². The summed E-state index contributed by atoms with van der Waals surface area (Å²) in [6.45, 7) is 6.69. The second-order valence-electron chi connectivity index (χ2n) is 7.17. The van der Waals surface area contributed by atoms with Gasteiger partial charge in [-0.2, -0.15) is 0 Å². The first-order chi connectivity index (χ1) is 15.6. The summed E-state index contributed by atoms with van der Waals surface area (Å²) in [4.78, 5) is 33.4. The Hall–Kier alpha value is -2.68. The predicted molar refractivity (Wildman–Crippen MR) is 136 cm³/mol. The van der Waals surface area contributed by atoms with Crippen LogP contribution >= 0.6 is 34.4 Å². The molecule has 4 rings (SSSR count). The molecule has 32 heavy (non-hydrogen) atoms. The molecule has 0 aliphatic rings. The quantitative estimate of drug-likeness (QED) is 0.204. The molecule has 4 aromatic rings. The number of carbonyl (C=O) groups excluding carboxylic acids is 1. The van der Waals surface area contributed by atoms with Crippen molar-refractivity contribution < 1.29 is 4.79 Å². The van der Waals surface area contributed by atoms with Gasteiger partial charge in [0.05, 0.1) is 11.1 Å². The molecule has 0 saturated carbocycles. The van der Waals surface area contributed by atoms with E-state index in [0.29, 0.717) is 28.5 Å². The van der Waals surface area contributed by atoms with Gasteiger partial charge in [-0.05, 0) is 35.9 Å². The van der Waals surface area contributed by atoms with Crippen LogP contribution in [0.2, 0.25) is 0 Å². The largest absolute Gasteiger partial charge is 0.355 e. The molecular formula is C24H23N3O2S3. The monoisotopic (exact) mass is 481 g/mol. The molecule has 0 aliphatic heterocycles. The maximum absolute atomic E-state index is 13.3. The van der Waals surface area contributed by atoms with Crippen LogP contribution in [-0.4, -0.2) is 27.8 Å². The normalized spacial score (nSPS) is 11.0. The zero-order chi connectivity index (χ0) is 22.5. The third-order valence-corrected chi connectivity index (χ3v) is 8.12. The lowest BCUT2D eigenvalue weighted by atomic mass is 10.1. The zero-order valence-corrected chi connectivity index (χ0v) is 20.1. The van der Waals surface area contributed by atoms with Gasteiger partial charge in [-0.1, -0.05) is 54.2 Å². The van der Waals surface area contributed by atoms with E-state index in [4.69, 9.17) is 4.98 Å². The first-order valence-corrected chi connectivity index (χ1v) is 12.9. The minimum atomic E-state index is -0.0913. The van der Waals surface area contributed by atoms with Crippen molar-refractivity contribution in [2.45, 2.75) is 25.0 Å². The topological polar surface area (TPSA) is 64.0 Å². The highest BCUT2D eigenvalue weighted by atomic mass is 32.2. The number of allylic oxidation sites excluding steroid dienone is 1. The summed E-state index contributed by atoms with van der Waals surface area (Å²) in [5, 5.41) is 6.15. The second-order valence-corrected chi connectivity index (χ2v) is 10.1.